The van der Waals surface area contributed by atoms with Crippen LogP contribution < -0.4 is 10.6 Å². The number of benzene rings is 1. The number of carbonyl (C=O) groups is 1. The van der Waals surface area contributed by atoms with Gasteiger partial charge in [-0.25, -0.2) is 14.8 Å². The van der Waals surface area contributed by atoms with E-state index in [9.17, 15) is 4.79 Å². The first-order valence-corrected chi connectivity index (χ1v) is 8.53. The monoisotopic (exact) mass is 342 g/mol. The number of oxazole rings is 1. The van der Waals surface area contributed by atoms with Crippen molar-refractivity contribution in [1.82, 2.24) is 15.3 Å². The van der Waals surface area contributed by atoms with E-state index in [4.69, 9.17) is 4.42 Å². The second-order valence-corrected chi connectivity index (χ2v) is 6.21. The van der Waals surface area contributed by atoms with Gasteiger partial charge in [-0.1, -0.05) is 13.0 Å². The molecule has 0 aliphatic carbocycles. The Hall–Kier alpha value is -2.67. The Balaban J connectivity index is 1.68. The Morgan fingerprint density at radius 1 is 1.38 bits per heavy atom. The first-order chi connectivity index (χ1) is 11.7. The summed E-state index contributed by atoms with van der Waals surface area (Å²) in [5.74, 6) is 1.28. The lowest BCUT2D eigenvalue weighted by atomic mass is 10.2. The van der Waals surface area contributed by atoms with E-state index in [1.165, 1.54) is 11.3 Å². The normalized spacial score (nSPS) is 11.9. The number of rotatable bonds is 5. The number of aromatic nitrogens is 2. The first kappa shape index (κ1) is 16.2. The summed E-state index contributed by atoms with van der Waals surface area (Å²) in [4.78, 5) is 20.7. The molecule has 2 amide bonds. The van der Waals surface area contributed by atoms with E-state index in [2.05, 4.69) is 20.6 Å². The molecule has 0 saturated carbocycles. The first-order valence-electron chi connectivity index (χ1n) is 7.65. The molecular formula is C17H18N4O2S. The molecule has 1 atom stereocenters. The average molecular weight is 342 g/mol. The molecule has 0 aliphatic rings. The molecule has 0 saturated heterocycles. The number of urea groups is 1. The SMILES string of the molecule is CC[C@@H](NC(=O)Nc1cccc(-c2ncc(C)o2)c1)c1nccs1. The number of thiazole rings is 1. The number of nitrogens with zero attached hydrogens (tertiary/aromatic N) is 2. The molecule has 124 valence electrons. The predicted molar refractivity (Wildman–Crippen MR) is 94.0 cm³/mol. The number of amides is 2. The van der Waals surface area contributed by atoms with Gasteiger partial charge in [0.1, 0.15) is 10.8 Å². The fourth-order valence-electron chi connectivity index (χ4n) is 2.29. The lowest BCUT2D eigenvalue weighted by Crippen LogP contribution is -2.32. The molecule has 7 heteroatoms. The highest BCUT2D eigenvalue weighted by Crippen LogP contribution is 2.23. The predicted octanol–water partition coefficient (Wildman–Crippen LogP) is 4.38. The van der Waals surface area contributed by atoms with Gasteiger partial charge in [0.25, 0.3) is 0 Å². The van der Waals surface area contributed by atoms with Crippen molar-refractivity contribution in [1.29, 1.82) is 0 Å². The van der Waals surface area contributed by atoms with E-state index >= 15 is 0 Å². The minimum Gasteiger partial charge on any atom is -0.441 e. The molecule has 2 N–H and O–H groups in total. The zero-order chi connectivity index (χ0) is 16.9. The average Bonchev–Trinajstić information content (AvgIpc) is 3.24. The standard InChI is InChI=1S/C17H18N4O2S/c1-3-14(16-18-7-8-24-16)21-17(22)20-13-6-4-5-12(9-13)15-19-10-11(2)23-15/h4-10,14H,3H2,1-2H3,(H2,20,21,22)/t14-/m1/s1. The van der Waals surface area contributed by atoms with Gasteiger partial charge in [0.05, 0.1) is 12.2 Å². The van der Waals surface area contributed by atoms with Crippen LogP contribution in [0.1, 0.15) is 30.2 Å². The van der Waals surface area contributed by atoms with E-state index in [0.29, 0.717) is 11.6 Å². The summed E-state index contributed by atoms with van der Waals surface area (Å²) in [7, 11) is 0. The van der Waals surface area contributed by atoms with Gasteiger partial charge in [-0.05, 0) is 31.5 Å². The molecule has 0 aliphatic heterocycles. The van der Waals surface area contributed by atoms with E-state index in [1.54, 1.807) is 12.4 Å². The molecule has 0 bridgehead atoms. The number of nitrogens with one attached hydrogen (secondary N) is 2. The van der Waals surface area contributed by atoms with Crippen LogP contribution in [0.2, 0.25) is 0 Å². The largest absolute Gasteiger partial charge is 0.441 e. The van der Waals surface area contributed by atoms with Crippen molar-refractivity contribution in [2.75, 3.05) is 5.32 Å². The summed E-state index contributed by atoms with van der Waals surface area (Å²) in [6, 6.07) is 7.03. The Bertz CT molecular complexity index is 814. The maximum atomic E-state index is 12.2. The topological polar surface area (TPSA) is 80.0 Å². The van der Waals surface area contributed by atoms with Crippen molar-refractivity contribution in [3.8, 4) is 11.5 Å². The Kier molecular flexibility index (Phi) is 4.90. The smallest absolute Gasteiger partial charge is 0.319 e. The molecule has 2 aromatic heterocycles. The van der Waals surface area contributed by atoms with E-state index in [1.807, 2.05) is 43.5 Å². The van der Waals surface area contributed by atoms with Crippen molar-refractivity contribution in [3.05, 3.63) is 52.8 Å². The van der Waals surface area contributed by atoms with Crippen molar-refractivity contribution in [2.24, 2.45) is 0 Å². The van der Waals surface area contributed by atoms with Gasteiger partial charge in [-0.3, -0.25) is 0 Å². The van der Waals surface area contributed by atoms with Crippen molar-refractivity contribution >= 4 is 23.1 Å². The summed E-state index contributed by atoms with van der Waals surface area (Å²) in [5.41, 5.74) is 1.49. The van der Waals surface area contributed by atoms with E-state index < -0.39 is 0 Å². The molecule has 3 aromatic rings. The highest BCUT2D eigenvalue weighted by Gasteiger charge is 2.15. The molecule has 6 nitrogen and oxygen atoms in total. The number of anilines is 1. The molecule has 24 heavy (non-hydrogen) atoms. The van der Waals surface area contributed by atoms with Crippen LogP contribution >= 0.6 is 11.3 Å². The van der Waals surface area contributed by atoms with Crippen LogP contribution in [0.4, 0.5) is 10.5 Å². The highest BCUT2D eigenvalue weighted by atomic mass is 32.1. The van der Waals surface area contributed by atoms with E-state index in [0.717, 1.165) is 22.8 Å². The number of hydrogen-bond donors (Lipinski definition) is 2. The summed E-state index contributed by atoms with van der Waals surface area (Å²) < 4.78 is 5.51. The van der Waals surface area contributed by atoms with Crippen LogP contribution in [0.5, 0.6) is 0 Å². The zero-order valence-electron chi connectivity index (χ0n) is 13.4. The minimum absolute atomic E-state index is 0.0948. The van der Waals surface area contributed by atoms with Crippen LogP contribution in [-0.4, -0.2) is 16.0 Å². The fourth-order valence-corrected chi connectivity index (χ4v) is 3.06. The fraction of sp³-hybridized carbons (Fsp3) is 0.235. The molecule has 3 rings (SSSR count). The summed E-state index contributed by atoms with van der Waals surface area (Å²) in [6.45, 7) is 3.85. The van der Waals surface area contributed by atoms with Crippen LogP contribution in [0.3, 0.4) is 0 Å². The Morgan fingerprint density at radius 3 is 2.92 bits per heavy atom. The maximum absolute atomic E-state index is 12.2. The quantitative estimate of drug-likeness (QED) is 0.721. The lowest BCUT2D eigenvalue weighted by molar-refractivity contribution is 0.248. The maximum Gasteiger partial charge on any atom is 0.319 e. The third kappa shape index (κ3) is 3.80. The molecular weight excluding hydrogens is 324 g/mol. The van der Waals surface area contributed by atoms with Gasteiger partial charge >= 0.3 is 6.03 Å². The summed E-state index contributed by atoms with van der Waals surface area (Å²) >= 11 is 1.53. The van der Waals surface area contributed by atoms with Gasteiger partial charge in [0.2, 0.25) is 5.89 Å². The second kappa shape index (κ2) is 7.27. The summed E-state index contributed by atoms with van der Waals surface area (Å²) in [5, 5.41) is 8.58. The van der Waals surface area contributed by atoms with Gasteiger partial charge in [-0.2, -0.15) is 0 Å². The summed E-state index contributed by atoms with van der Waals surface area (Å²) in [6.07, 6.45) is 4.18. The van der Waals surface area contributed by atoms with Gasteiger partial charge in [0.15, 0.2) is 0 Å². The Morgan fingerprint density at radius 2 is 2.25 bits per heavy atom. The van der Waals surface area contributed by atoms with Gasteiger partial charge in [-0.15, -0.1) is 11.3 Å². The number of carbonyl (C=O) groups excluding carboxylic acids is 1. The number of hydrogen-bond acceptors (Lipinski definition) is 5. The molecule has 2 heterocycles. The van der Waals surface area contributed by atoms with Crippen LogP contribution in [0, 0.1) is 6.92 Å². The second-order valence-electron chi connectivity index (χ2n) is 5.29. The van der Waals surface area contributed by atoms with Gasteiger partial charge in [0, 0.05) is 22.8 Å². The van der Waals surface area contributed by atoms with Crippen molar-refractivity contribution < 1.29 is 9.21 Å². The lowest BCUT2D eigenvalue weighted by Gasteiger charge is -2.15. The molecule has 1 aromatic carbocycles. The van der Waals surface area contributed by atoms with Crippen LogP contribution in [0.25, 0.3) is 11.5 Å². The third-order valence-electron chi connectivity index (χ3n) is 3.45. The molecule has 0 fully saturated rings. The van der Waals surface area contributed by atoms with Crippen LogP contribution in [-0.2, 0) is 0 Å². The zero-order valence-corrected chi connectivity index (χ0v) is 14.3. The highest BCUT2D eigenvalue weighted by molar-refractivity contribution is 7.09. The minimum atomic E-state index is -0.266. The van der Waals surface area contributed by atoms with Crippen molar-refractivity contribution in [3.63, 3.8) is 0 Å². The van der Waals surface area contributed by atoms with Crippen LogP contribution in [0.15, 0.2) is 46.5 Å². The molecule has 0 unspecified atom stereocenters. The Labute approximate surface area is 144 Å². The third-order valence-corrected chi connectivity index (χ3v) is 4.34. The molecule has 0 radical (unpaired) electrons. The number of aryl methyl sites for hydroxylation is 1. The van der Waals surface area contributed by atoms with Crippen molar-refractivity contribution in [2.45, 2.75) is 26.3 Å². The molecule has 0 spiro atoms. The van der Waals surface area contributed by atoms with E-state index in [-0.39, 0.29) is 12.1 Å². The van der Waals surface area contributed by atoms with Gasteiger partial charge < -0.3 is 15.1 Å².